The van der Waals surface area contributed by atoms with Crippen LogP contribution in [0.3, 0.4) is 0 Å². The van der Waals surface area contributed by atoms with Gasteiger partial charge in [0.1, 0.15) is 0 Å². The Balaban J connectivity index is 1.80. The molecule has 0 bridgehead atoms. The highest BCUT2D eigenvalue weighted by Crippen LogP contribution is 2.29. The lowest BCUT2D eigenvalue weighted by molar-refractivity contribution is -0.384. The molecular weight excluding hydrogens is 352 g/mol. The van der Waals surface area contributed by atoms with Crippen LogP contribution in [-0.2, 0) is 13.0 Å². The van der Waals surface area contributed by atoms with Gasteiger partial charge in [-0.25, -0.2) is 4.98 Å². The molecule has 2 aromatic rings. The van der Waals surface area contributed by atoms with Crippen LogP contribution in [0, 0.1) is 10.1 Å². The third-order valence-electron chi connectivity index (χ3n) is 3.88. The topological polar surface area (TPSA) is 88.4 Å². The van der Waals surface area contributed by atoms with Gasteiger partial charge in [-0.3, -0.25) is 25.1 Å². The molecule has 24 heavy (non-hydrogen) atoms. The van der Waals surface area contributed by atoms with Crippen molar-refractivity contribution in [3.8, 4) is 0 Å². The van der Waals surface area contributed by atoms with Crippen molar-refractivity contribution in [3.05, 3.63) is 49.5 Å². The number of thiazole rings is 1. The molecule has 1 aromatic heterocycles. The molecule has 0 atom stereocenters. The first kappa shape index (κ1) is 16.8. The summed E-state index contributed by atoms with van der Waals surface area (Å²) < 4.78 is 0. The minimum Gasteiger partial charge on any atom is -0.298 e. The van der Waals surface area contributed by atoms with Crippen LogP contribution in [-0.4, -0.2) is 33.8 Å². The van der Waals surface area contributed by atoms with Gasteiger partial charge in [0.15, 0.2) is 5.13 Å². The van der Waals surface area contributed by atoms with E-state index in [1.54, 1.807) is 0 Å². The quantitative estimate of drug-likeness (QED) is 0.662. The van der Waals surface area contributed by atoms with Gasteiger partial charge in [-0.15, -0.1) is 11.3 Å². The summed E-state index contributed by atoms with van der Waals surface area (Å²) in [6.07, 6.45) is 0.854. The van der Waals surface area contributed by atoms with Gasteiger partial charge < -0.3 is 0 Å². The predicted molar refractivity (Wildman–Crippen MR) is 92.8 cm³/mol. The maximum Gasteiger partial charge on any atom is 0.270 e. The van der Waals surface area contributed by atoms with Gasteiger partial charge in [-0.2, -0.15) is 0 Å². The van der Waals surface area contributed by atoms with E-state index in [1.807, 2.05) is 0 Å². The highest BCUT2D eigenvalue weighted by atomic mass is 35.5. The molecule has 1 aliphatic rings. The number of benzene rings is 1. The Kier molecular flexibility index (Phi) is 4.79. The van der Waals surface area contributed by atoms with Gasteiger partial charge >= 0.3 is 0 Å². The molecule has 0 aliphatic carbocycles. The van der Waals surface area contributed by atoms with Crippen LogP contribution in [0.2, 0.25) is 5.02 Å². The van der Waals surface area contributed by atoms with E-state index in [0.717, 1.165) is 36.6 Å². The standard InChI is InChI=1S/C15H15ClN4O3S/c1-2-19-6-5-12-13(8-19)24-15(17-12)18-14(21)10-7-9(20(22)23)3-4-11(10)16/h3-4,7H,2,5-6,8H2,1H3,(H,17,18,21). The smallest absolute Gasteiger partial charge is 0.270 e. The highest BCUT2D eigenvalue weighted by Gasteiger charge is 2.22. The average molecular weight is 367 g/mol. The molecule has 0 saturated carbocycles. The zero-order valence-corrected chi connectivity index (χ0v) is 14.5. The third-order valence-corrected chi connectivity index (χ3v) is 5.21. The molecule has 0 fully saturated rings. The zero-order chi connectivity index (χ0) is 17.3. The summed E-state index contributed by atoms with van der Waals surface area (Å²) >= 11 is 7.43. The molecule has 1 aliphatic heterocycles. The Morgan fingerprint density at radius 3 is 3.04 bits per heavy atom. The van der Waals surface area contributed by atoms with Gasteiger partial charge in [-0.1, -0.05) is 18.5 Å². The fraction of sp³-hybridized carbons (Fsp3) is 0.333. The van der Waals surface area contributed by atoms with Crippen LogP contribution in [0.25, 0.3) is 0 Å². The first-order valence-electron chi connectivity index (χ1n) is 7.44. The summed E-state index contributed by atoms with van der Waals surface area (Å²) in [7, 11) is 0. The Morgan fingerprint density at radius 2 is 2.33 bits per heavy atom. The van der Waals surface area contributed by atoms with E-state index < -0.39 is 10.8 Å². The number of carbonyl (C=O) groups excluding carboxylic acids is 1. The lowest BCUT2D eigenvalue weighted by Gasteiger charge is -2.23. The van der Waals surface area contributed by atoms with Crippen molar-refractivity contribution < 1.29 is 9.72 Å². The van der Waals surface area contributed by atoms with E-state index in [4.69, 9.17) is 11.6 Å². The molecule has 0 spiro atoms. The van der Waals surface area contributed by atoms with E-state index >= 15 is 0 Å². The van der Waals surface area contributed by atoms with Crippen LogP contribution in [0.5, 0.6) is 0 Å². The predicted octanol–water partition coefficient (Wildman–Crippen LogP) is 3.34. The largest absolute Gasteiger partial charge is 0.298 e. The van der Waals surface area contributed by atoms with Crippen molar-refractivity contribution in [2.75, 3.05) is 18.4 Å². The third kappa shape index (κ3) is 3.40. The molecule has 7 nitrogen and oxygen atoms in total. The molecule has 0 unspecified atom stereocenters. The maximum absolute atomic E-state index is 12.4. The van der Waals surface area contributed by atoms with Crippen molar-refractivity contribution in [1.29, 1.82) is 0 Å². The fourth-order valence-corrected chi connectivity index (χ4v) is 3.79. The number of aromatic nitrogens is 1. The number of carbonyl (C=O) groups is 1. The first-order chi connectivity index (χ1) is 11.5. The van der Waals surface area contributed by atoms with Gasteiger partial charge in [0.05, 0.1) is 21.2 Å². The van der Waals surface area contributed by atoms with E-state index in [2.05, 4.69) is 22.1 Å². The number of likely N-dealkylation sites (N-methyl/N-ethyl adjacent to an activating group) is 1. The van der Waals surface area contributed by atoms with Gasteiger partial charge in [0, 0.05) is 36.5 Å². The number of hydrogen-bond donors (Lipinski definition) is 1. The van der Waals surface area contributed by atoms with E-state index in [0.29, 0.717) is 5.13 Å². The molecule has 3 rings (SSSR count). The SMILES string of the molecule is CCN1CCc2nc(NC(=O)c3cc([N+](=O)[O-])ccc3Cl)sc2C1. The van der Waals surface area contributed by atoms with E-state index in [9.17, 15) is 14.9 Å². The lowest BCUT2D eigenvalue weighted by atomic mass is 10.2. The molecule has 9 heteroatoms. The Hall–Kier alpha value is -2.03. The number of rotatable bonds is 4. The number of nitrogens with zero attached hydrogens (tertiary/aromatic N) is 3. The molecular formula is C15H15ClN4O3S. The number of nitro groups is 1. The second-order valence-corrected chi connectivity index (χ2v) is 6.87. The number of nitro benzene ring substituents is 1. The second-order valence-electron chi connectivity index (χ2n) is 5.38. The van der Waals surface area contributed by atoms with Crippen molar-refractivity contribution in [1.82, 2.24) is 9.88 Å². The highest BCUT2D eigenvalue weighted by molar-refractivity contribution is 7.15. The molecule has 0 radical (unpaired) electrons. The Bertz CT molecular complexity index is 808. The first-order valence-corrected chi connectivity index (χ1v) is 8.63. The number of non-ortho nitro benzene ring substituents is 1. The van der Waals surface area contributed by atoms with Crippen LogP contribution in [0.4, 0.5) is 10.8 Å². The van der Waals surface area contributed by atoms with Gasteiger partial charge in [-0.05, 0) is 12.6 Å². The van der Waals surface area contributed by atoms with Gasteiger partial charge in [0.2, 0.25) is 0 Å². The zero-order valence-electron chi connectivity index (χ0n) is 12.9. The lowest BCUT2D eigenvalue weighted by Crippen LogP contribution is -2.29. The minimum absolute atomic E-state index is 0.0641. The number of fused-ring (bicyclic) bond motifs is 1. The summed E-state index contributed by atoms with van der Waals surface area (Å²) in [6.45, 7) is 4.87. The van der Waals surface area contributed by atoms with E-state index in [1.165, 1.54) is 29.5 Å². The van der Waals surface area contributed by atoms with Crippen LogP contribution in [0.1, 0.15) is 27.9 Å². The van der Waals surface area contributed by atoms with Crippen molar-refractivity contribution in [2.24, 2.45) is 0 Å². The molecule has 2 heterocycles. The maximum atomic E-state index is 12.4. The van der Waals surface area contributed by atoms with Crippen LogP contribution >= 0.6 is 22.9 Å². The summed E-state index contributed by atoms with van der Waals surface area (Å²) in [5, 5.41) is 14.2. The number of hydrogen-bond acceptors (Lipinski definition) is 6. The summed E-state index contributed by atoms with van der Waals surface area (Å²) in [4.78, 5) is 30.6. The Labute approximate surface area is 147 Å². The normalized spacial score (nSPS) is 14.2. The van der Waals surface area contributed by atoms with Crippen molar-refractivity contribution in [3.63, 3.8) is 0 Å². The van der Waals surface area contributed by atoms with Gasteiger partial charge in [0.25, 0.3) is 11.6 Å². The Morgan fingerprint density at radius 1 is 1.54 bits per heavy atom. The number of nitrogens with one attached hydrogen (secondary N) is 1. The average Bonchev–Trinajstić information content (AvgIpc) is 2.95. The molecule has 0 saturated heterocycles. The minimum atomic E-state index is -0.561. The fourth-order valence-electron chi connectivity index (χ4n) is 2.54. The summed E-state index contributed by atoms with van der Waals surface area (Å²) in [6, 6.07) is 3.78. The summed E-state index contributed by atoms with van der Waals surface area (Å²) in [5.41, 5.74) is 0.890. The van der Waals surface area contributed by atoms with Crippen LogP contribution in [0.15, 0.2) is 18.2 Å². The number of amides is 1. The summed E-state index contributed by atoms with van der Waals surface area (Å²) in [5.74, 6) is -0.498. The van der Waals surface area contributed by atoms with Crippen molar-refractivity contribution >= 4 is 39.7 Å². The van der Waals surface area contributed by atoms with Crippen molar-refractivity contribution in [2.45, 2.75) is 19.9 Å². The molecule has 126 valence electrons. The molecule has 1 N–H and O–H groups in total. The molecule has 1 aromatic carbocycles. The number of anilines is 1. The monoisotopic (exact) mass is 366 g/mol. The van der Waals surface area contributed by atoms with E-state index in [-0.39, 0.29) is 16.3 Å². The molecule has 1 amide bonds. The van der Waals surface area contributed by atoms with Crippen LogP contribution < -0.4 is 5.32 Å². The second kappa shape index (κ2) is 6.84. The number of halogens is 1.